The molecule has 0 atom stereocenters. The molecule has 0 amide bonds. The number of nitrogens with zero attached hydrogens (tertiary/aromatic N) is 2. The fourth-order valence-electron chi connectivity index (χ4n) is 2.06. The third kappa shape index (κ3) is 7.42. The Labute approximate surface area is 166 Å². The Morgan fingerprint density at radius 3 is 1.46 bits per heavy atom. The third-order valence-corrected chi connectivity index (χ3v) is 3.58. The van der Waals surface area contributed by atoms with Gasteiger partial charge in [0.1, 0.15) is 0 Å². The molecule has 1 N–H and O–H groups in total. The Morgan fingerprint density at radius 2 is 1.35 bits per heavy atom. The zero-order valence-electron chi connectivity index (χ0n) is 14.4. The summed E-state index contributed by atoms with van der Waals surface area (Å²) in [4.78, 5) is 28.5. The van der Waals surface area contributed by atoms with Crippen LogP contribution in [0.15, 0.2) is 48.8 Å². The van der Waals surface area contributed by atoms with Crippen LogP contribution >= 0.6 is 0 Å². The summed E-state index contributed by atoms with van der Waals surface area (Å²) in [6.07, 6.45) is 2.10. The quantitative estimate of drug-likeness (QED) is 0.506. The number of carboxylic acids is 2. The molecule has 142 valence electrons. The summed E-state index contributed by atoms with van der Waals surface area (Å²) in [5, 5.41) is 29.2. The van der Waals surface area contributed by atoms with Gasteiger partial charge in [-0.15, -0.1) is 0 Å². The van der Waals surface area contributed by atoms with Crippen LogP contribution in [0, 0.1) is 19.3 Å². The van der Waals surface area contributed by atoms with Gasteiger partial charge in [-0.3, -0.25) is 9.97 Å². The van der Waals surface area contributed by atoms with Crippen molar-refractivity contribution in [1.82, 2.24) is 9.97 Å². The van der Waals surface area contributed by atoms with Crippen molar-refractivity contribution in [2.24, 2.45) is 5.41 Å². The van der Waals surface area contributed by atoms with E-state index in [4.69, 9.17) is 5.11 Å². The Balaban J connectivity index is 0.000000368. The number of aliphatic hydroxyl groups is 1. The van der Waals surface area contributed by atoms with Crippen molar-refractivity contribution in [2.45, 2.75) is 32.8 Å². The van der Waals surface area contributed by atoms with Crippen LogP contribution in [0.5, 0.6) is 0 Å². The SMILES string of the molecule is Cc1ccccn1.Cc1ccccn1.O=C([O-])C1(C(=O)[O-])CC(O)C1.[Pt+2]. The number of aliphatic hydroxyl groups excluding tert-OH is 1. The van der Waals surface area contributed by atoms with Gasteiger partial charge in [0.25, 0.3) is 0 Å². The summed E-state index contributed by atoms with van der Waals surface area (Å²) in [5.74, 6) is -3.36. The fraction of sp³-hybridized carbons (Fsp3) is 0.333. The van der Waals surface area contributed by atoms with E-state index in [0.717, 1.165) is 11.4 Å². The average molecular weight is 539 g/mol. The van der Waals surface area contributed by atoms with Crippen molar-refractivity contribution in [3.05, 3.63) is 60.2 Å². The van der Waals surface area contributed by atoms with Gasteiger partial charge in [0.05, 0.1) is 23.5 Å². The van der Waals surface area contributed by atoms with E-state index < -0.39 is 23.5 Å². The molecule has 7 nitrogen and oxygen atoms in total. The summed E-state index contributed by atoms with van der Waals surface area (Å²) in [6.45, 7) is 3.94. The molecule has 0 unspecified atom stereocenters. The standard InChI is InChI=1S/2C6H7N.C6H8O5.Pt/c2*1-6-4-2-3-5-7-6;7-3-1-6(2-3,4(8)9)5(10)11;/h2*2-5H,1H3;3,7H,1-2H2,(H,8,9)(H,10,11);/q;;;+2/p-2. The van der Waals surface area contributed by atoms with Crippen LogP contribution in [0.4, 0.5) is 0 Å². The van der Waals surface area contributed by atoms with Gasteiger partial charge in [-0.25, -0.2) is 0 Å². The van der Waals surface area contributed by atoms with Gasteiger partial charge in [-0.2, -0.15) is 0 Å². The van der Waals surface area contributed by atoms with Crippen LogP contribution in [-0.2, 0) is 30.7 Å². The van der Waals surface area contributed by atoms with E-state index in [2.05, 4.69) is 9.97 Å². The van der Waals surface area contributed by atoms with Crippen molar-refractivity contribution in [2.75, 3.05) is 0 Å². The predicted molar refractivity (Wildman–Crippen MR) is 85.6 cm³/mol. The van der Waals surface area contributed by atoms with Gasteiger partial charge in [-0.05, 0) is 51.0 Å². The minimum Gasteiger partial charge on any atom is -0.549 e. The van der Waals surface area contributed by atoms with Crippen molar-refractivity contribution in [3.8, 4) is 0 Å². The van der Waals surface area contributed by atoms with Crippen LogP contribution in [-0.4, -0.2) is 33.1 Å². The van der Waals surface area contributed by atoms with Crippen LogP contribution in [0.3, 0.4) is 0 Å². The number of carbonyl (C=O) groups is 2. The van der Waals surface area contributed by atoms with E-state index in [-0.39, 0.29) is 33.9 Å². The maximum absolute atomic E-state index is 10.2. The molecule has 0 saturated heterocycles. The second kappa shape index (κ2) is 11.5. The first-order valence-corrected chi connectivity index (χ1v) is 7.64. The minimum absolute atomic E-state index is 0. The third-order valence-electron chi connectivity index (χ3n) is 3.58. The smallest absolute Gasteiger partial charge is 0.549 e. The van der Waals surface area contributed by atoms with Crippen LogP contribution in [0.1, 0.15) is 24.2 Å². The maximum atomic E-state index is 10.2. The molecule has 0 bridgehead atoms. The molecular weight excluding hydrogens is 519 g/mol. The summed E-state index contributed by atoms with van der Waals surface area (Å²) in [7, 11) is 0. The van der Waals surface area contributed by atoms with Gasteiger partial charge in [0, 0.05) is 23.8 Å². The molecule has 2 aromatic rings. The molecular formula is C18H20N2O5Pt. The fourth-order valence-corrected chi connectivity index (χ4v) is 2.06. The molecule has 1 fully saturated rings. The zero-order chi connectivity index (χ0) is 18.9. The van der Waals surface area contributed by atoms with Crippen molar-refractivity contribution >= 4 is 11.9 Å². The van der Waals surface area contributed by atoms with Gasteiger partial charge in [-0.1, -0.05) is 12.1 Å². The number of pyridine rings is 2. The first-order valence-electron chi connectivity index (χ1n) is 7.64. The number of aryl methyl sites for hydroxylation is 2. The normalized spacial score (nSPS) is 14.1. The molecule has 1 aliphatic carbocycles. The monoisotopic (exact) mass is 539 g/mol. The molecule has 0 radical (unpaired) electrons. The van der Waals surface area contributed by atoms with Gasteiger partial charge < -0.3 is 24.9 Å². The molecule has 0 spiro atoms. The zero-order valence-corrected chi connectivity index (χ0v) is 16.7. The Kier molecular flexibility index (Phi) is 10.6. The number of carboxylic acid groups (broad SMARTS) is 2. The summed E-state index contributed by atoms with van der Waals surface area (Å²) in [6, 6.07) is 11.7. The van der Waals surface area contributed by atoms with Gasteiger partial charge in [0.2, 0.25) is 0 Å². The van der Waals surface area contributed by atoms with Gasteiger partial charge in [0.15, 0.2) is 0 Å². The number of hydrogen-bond acceptors (Lipinski definition) is 7. The summed E-state index contributed by atoms with van der Waals surface area (Å²) < 4.78 is 0. The van der Waals surface area contributed by atoms with Crippen LogP contribution in [0.2, 0.25) is 0 Å². The topological polar surface area (TPSA) is 126 Å². The maximum Gasteiger partial charge on any atom is 2.00 e. The largest absolute Gasteiger partial charge is 2.00 e. The van der Waals surface area contributed by atoms with E-state index in [1.807, 2.05) is 50.2 Å². The molecule has 1 saturated carbocycles. The predicted octanol–water partition coefficient (Wildman–Crippen LogP) is -0.595. The first kappa shape index (κ1) is 23.9. The number of hydrogen-bond donors (Lipinski definition) is 1. The van der Waals surface area contributed by atoms with Crippen molar-refractivity contribution in [1.29, 1.82) is 0 Å². The van der Waals surface area contributed by atoms with Crippen molar-refractivity contribution in [3.63, 3.8) is 0 Å². The summed E-state index contributed by atoms with van der Waals surface area (Å²) >= 11 is 0. The average Bonchev–Trinajstić information content (AvgIpc) is 2.54. The van der Waals surface area contributed by atoms with Crippen molar-refractivity contribution < 1.29 is 46.0 Å². The van der Waals surface area contributed by atoms with Gasteiger partial charge >= 0.3 is 21.1 Å². The Morgan fingerprint density at radius 1 is 0.962 bits per heavy atom. The Hall–Kier alpha value is -2.11. The molecule has 8 heteroatoms. The Bertz CT molecular complexity index is 623. The minimum atomic E-state index is -1.95. The molecule has 2 aromatic heterocycles. The van der Waals surface area contributed by atoms with Crippen LogP contribution < -0.4 is 10.2 Å². The second-order valence-electron chi connectivity index (χ2n) is 5.66. The molecule has 0 aromatic carbocycles. The second-order valence-corrected chi connectivity index (χ2v) is 5.66. The first-order chi connectivity index (χ1) is 11.8. The molecule has 3 rings (SSSR count). The molecule has 1 aliphatic rings. The van der Waals surface area contributed by atoms with E-state index >= 15 is 0 Å². The van der Waals surface area contributed by atoms with E-state index in [0.29, 0.717) is 0 Å². The molecule has 2 heterocycles. The summed E-state index contributed by atoms with van der Waals surface area (Å²) in [5.41, 5.74) is 0.198. The number of aromatic nitrogens is 2. The van der Waals surface area contributed by atoms with E-state index in [9.17, 15) is 19.8 Å². The number of aliphatic carboxylic acids is 2. The van der Waals surface area contributed by atoms with E-state index in [1.54, 1.807) is 12.4 Å². The van der Waals surface area contributed by atoms with Crippen LogP contribution in [0.25, 0.3) is 0 Å². The number of rotatable bonds is 2. The molecule has 0 aliphatic heterocycles. The number of carbonyl (C=O) groups excluding carboxylic acids is 2. The molecule has 26 heavy (non-hydrogen) atoms. The van der Waals surface area contributed by atoms with E-state index in [1.165, 1.54) is 0 Å².